The van der Waals surface area contributed by atoms with Gasteiger partial charge in [0.15, 0.2) is 0 Å². The Morgan fingerprint density at radius 3 is 2.88 bits per heavy atom. The van der Waals surface area contributed by atoms with Crippen LogP contribution in [-0.2, 0) is 13.0 Å². The number of nitrogens with two attached hydrogens (primary N) is 1. The lowest BCUT2D eigenvalue weighted by molar-refractivity contribution is 0.671. The lowest BCUT2D eigenvalue weighted by Crippen LogP contribution is -2.27. The smallest absolute Gasteiger partial charge is 0.262 e. The van der Waals surface area contributed by atoms with Gasteiger partial charge in [-0.3, -0.25) is 14.8 Å². The molecule has 6 nitrogen and oxygen atoms in total. The van der Waals surface area contributed by atoms with Gasteiger partial charge in [-0.1, -0.05) is 23.7 Å². The van der Waals surface area contributed by atoms with E-state index in [1.54, 1.807) is 16.7 Å². The van der Waals surface area contributed by atoms with Crippen molar-refractivity contribution < 1.29 is 0 Å². The average molecular weight is 354 g/mol. The predicted molar refractivity (Wildman–Crippen MR) is 101 cm³/mol. The van der Waals surface area contributed by atoms with Gasteiger partial charge >= 0.3 is 0 Å². The number of aromatic amines is 1. The average Bonchev–Trinajstić information content (AvgIpc) is 3.03. The number of halogens is 1. The van der Waals surface area contributed by atoms with E-state index in [9.17, 15) is 4.79 Å². The van der Waals surface area contributed by atoms with E-state index in [1.165, 1.54) is 0 Å². The minimum absolute atomic E-state index is 0.114. The summed E-state index contributed by atoms with van der Waals surface area (Å²) in [6.45, 7) is 0.454. The molecule has 0 unspecified atom stereocenters. The predicted octanol–water partition coefficient (Wildman–Crippen LogP) is 3.06. The van der Waals surface area contributed by atoms with Crippen LogP contribution >= 0.6 is 11.6 Å². The van der Waals surface area contributed by atoms with E-state index in [1.807, 2.05) is 36.5 Å². The maximum Gasteiger partial charge on any atom is 0.262 e. The molecule has 0 saturated heterocycles. The Labute approximate surface area is 148 Å². The molecular formula is C18H16ClN5O. The van der Waals surface area contributed by atoms with Crippen molar-refractivity contribution >= 4 is 39.4 Å². The second-order valence-electron chi connectivity index (χ2n) is 5.81. The minimum atomic E-state index is -0.114. The molecule has 126 valence electrons. The van der Waals surface area contributed by atoms with Gasteiger partial charge in [0.25, 0.3) is 5.56 Å². The van der Waals surface area contributed by atoms with E-state index in [4.69, 9.17) is 17.4 Å². The van der Waals surface area contributed by atoms with Crippen molar-refractivity contribution in [3.63, 3.8) is 0 Å². The van der Waals surface area contributed by atoms with Gasteiger partial charge in [-0.2, -0.15) is 0 Å². The van der Waals surface area contributed by atoms with Crippen LogP contribution in [0.1, 0.15) is 5.56 Å². The number of rotatable bonds is 4. The van der Waals surface area contributed by atoms with E-state index in [2.05, 4.69) is 15.4 Å². The number of hydrogen-bond acceptors (Lipinski definition) is 4. The van der Waals surface area contributed by atoms with Gasteiger partial charge in [0, 0.05) is 28.7 Å². The first-order chi connectivity index (χ1) is 12.2. The second kappa shape index (κ2) is 6.23. The third-order valence-corrected chi connectivity index (χ3v) is 4.56. The molecule has 2 aromatic heterocycles. The summed E-state index contributed by atoms with van der Waals surface area (Å²) in [4.78, 5) is 20.4. The Morgan fingerprint density at radius 1 is 1.20 bits per heavy atom. The third kappa shape index (κ3) is 2.75. The number of benzene rings is 2. The van der Waals surface area contributed by atoms with E-state index in [0.717, 1.165) is 16.5 Å². The number of H-pyrrole nitrogens is 1. The van der Waals surface area contributed by atoms with Crippen molar-refractivity contribution in [2.24, 2.45) is 5.84 Å². The zero-order chi connectivity index (χ0) is 17.4. The van der Waals surface area contributed by atoms with E-state index >= 15 is 0 Å². The Kier molecular flexibility index (Phi) is 3.91. The molecule has 0 aliphatic heterocycles. The molecule has 0 amide bonds. The van der Waals surface area contributed by atoms with Crippen molar-refractivity contribution in [1.82, 2.24) is 14.5 Å². The van der Waals surface area contributed by atoms with Crippen LogP contribution in [0.2, 0.25) is 5.02 Å². The van der Waals surface area contributed by atoms with Crippen LogP contribution in [0.15, 0.2) is 53.5 Å². The molecule has 4 rings (SSSR count). The Hall–Kier alpha value is -2.83. The highest BCUT2D eigenvalue weighted by Crippen LogP contribution is 2.23. The number of aromatic nitrogens is 3. The summed E-state index contributed by atoms with van der Waals surface area (Å²) in [5, 5.41) is 2.31. The van der Waals surface area contributed by atoms with Crippen LogP contribution in [0, 0.1) is 0 Å². The third-order valence-electron chi connectivity index (χ3n) is 4.32. The molecule has 0 saturated carbocycles. The van der Waals surface area contributed by atoms with Crippen LogP contribution in [0.25, 0.3) is 21.8 Å². The summed E-state index contributed by atoms with van der Waals surface area (Å²) in [5.74, 6) is 5.92. The lowest BCUT2D eigenvalue weighted by Gasteiger charge is -2.12. The quantitative estimate of drug-likeness (QED) is 0.388. The van der Waals surface area contributed by atoms with Gasteiger partial charge in [0.05, 0.1) is 10.9 Å². The molecule has 0 bridgehead atoms. The molecule has 4 aromatic rings. The molecule has 25 heavy (non-hydrogen) atoms. The summed E-state index contributed by atoms with van der Waals surface area (Å²) in [7, 11) is 0. The number of hydrogen-bond donors (Lipinski definition) is 3. The second-order valence-corrected chi connectivity index (χ2v) is 6.24. The fraction of sp³-hybridized carbons (Fsp3) is 0.111. The van der Waals surface area contributed by atoms with Crippen molar-refractivity contribution in [2.75, 3.05) is 5.43 Å². The Balaban J connectivity index is 1.74. The summed E-state index contributed by atoms with van der Waals surface area (Å²) in [5.41, 5.74) is 5.13. The molecule has 0 fully saturated rings. The summed E-state index contributed by atoms with van der Waals surface area (Å²) < 4.78 is 1.56. The normalized spacial score (nSPS) is 11.3. The van der Waals surface area contributed by atoms with Gasteiger partial charge < -0.3 is 4.98 Å². The highest BCUT2D eigenvalue weighted by molar-refractivity contribution is 6.31. The van der Waals surface area contributed by atoms with Crippen molar-refractivity contribution in [1.29, 1.82) is 0 Å². The zero-order valence-corrected chi connectivity index (χ0v) is 14.0. The number of nitrogens with one attached hydrogen (secondary N) is 2. The van der Waals surface area contributed by atoms with Gasteiger partial charge in [-0.05, 0) is 42.3 Å². The number of anilines is 1. The zero-order valence-electron chi connectivity index (χ0n) is 13.3. The van der Waals surface area contributed by atoms with E-state index < -0.39 is 0 Å². The van der Waals surface area contributed by atoms with Crippen LogP contribution in [0.3, 0.4) is 0 Å². The summed E-state index contributed by atoms with van der Waals surface area (Å²) in [6.07, 6.45) is 2.59. The summed E-state index contributed by atoms with van der Waals surface area (Å²) in [6, 6.07) is 12.9. The molecule has 2 heterocycles. The molecule has 0 spiro atoms. The highest BCUT2D eigenvalue weighted by atomic mass is 35.5. The van der Waals surface area contributed by atoms with Crippen molar-refractivity contribution in [3.05, 3.63) is 69.6 Å². The van der Waals surface area contributed by atoms with Crippen LogP contribution in [-0.4, -0.2) is 14.5 Å². The van der Waals surface area contributed by atoms with Crippen molar-refractivity contribution in [3.8, 4) is 0 Å². The number of fused-ring (bicyclic) bond motifs is 2. The van der Waals surface area contributed by atoms with Gasteiger partial charge in [0.1, 0.15) is 0 Å². The molecule has 2 aromatic carbocycles. The number of nitrogens with zero attached hydrogens (tertiary/aromatic N) is 2. The van der Waals surface area contributed by atoms with E-state index in [-0.39, 0.29) is 5.56 Å². The number of nitrogen functional groups attached to an aromatic ring is 1. The lowest BCUT2D eigenvalue weighted by atomic mass is 10.1. The molecule has 4 N–H and O–H groups in total. The Morgan fingerprint density at radius 2 is 2.04 bits per heavy atom. The SMILES string of the molecule is NNc1nc2ccccc2c(=O)n1CCc1c[nH]c2ccc(Cl)cc12. The first-order valence-corrected chi connectivity index (χ1v) is 8.27. The minimum Gasteiger partial charge on any atom is -0.361 e. The summed E-state index contributed by atoms with van der Waals surface area (Å²) >= 11 is 6.10. The maximum absolute atomic E-state index is 12.8. The standard InChI is InChI=1S/C18H16ClN5O/c19-12-5-6-15-14(9-12)11(10-21-15)7-8-24-17(25)13-3-1-2-4-16(13)22-18(24)23-20/h1-6,9-10,21H,7-8,20H2,(H,22,23). The highest BCUT2D eigenvalue weighted by Gasteiger charge is 2.11. The molecule has 0 aliphatic rings. The largest absolute Gasteiger partial charge is 0.361 e. The Bertz CT molecular complexity index is 1130. The topological polar surface area (TPSA) is 88.7 Å². The molecular weight excluding hydrogens is 338 g/mol. The monoisotopic (exact) mass is 353 g/mol. The van der Waals surface area contributed by atoms with Crippen LogP contribution in [0.4, 0.5) is 5.95 Å². The van der Waals surface area contributed by atoms with Crippen LogP contribution < -0.4 is 16.8 Å². The number of aryl methyl sites for hydroxylation is 1. The van der Waals surface area contributed by atoms with Gasteiger partial charge in [0.2, 0.25) is 5.95 Å². The molecule has 0 atom stereocenters. The number of para-hydroxylation sites is 1. The van der Waals surface area contributed by atoms with Crippen LogP contribution in [0.5, 0.6) is 0 Å². The molecule has 7 heteroatoms. The van der Waals surface area contributed by atoms with Gasteiger partial charge in [-0.25, -0.2) is 10.8 Å². The molecule has 0 radical (unpaired) electrons. The van der Waals surface area contributed by atoms with Crippen molar-refractivity contribution in [2.45, 2.75) is 13.0 Å². The fourth-order valence-electron chi connectivity index (χ4n) is 3.08. The molecule has 0 aliphatic carbocycles. The van der Waals surface area contributed by atoms with E-state index in [0.29, 0.717) is 34.8 Å². The van der Waals surface area contributed by atoms with Gasteiger partial charge in [-0.15, -0.1) is 0 Å². The number of hydrazine groups is 1. The fourth-order valence-corrected chi connectivity index (χ4v) is 3.25. The first kappa shape index (κ1) is 15.7. The first-order valence-electron chi connectivity index (χ1n) is 7.89. The maximum atomic E-state index is 12.8.